The fourth-order valence-electron chi connectivity index (χ4n) is 2.71. The van der Waals surface area contributed by atoms with Gasteiger partial charge in [0.1, 0.15) is 0 Å². The number of carbonyl (C=O) groups is 1. The second-order valence-electron chi connectivity index (χ2n) is 6.01. The van der Waals surface area contributed by atoms with Crippen LogP contribution in [0.2, 0.25) is 0 Å². The van der Waals surface area contributed by atoms with Crippen molar-refractivity contribution in [2.75, 3.05) is 6.61 Å². The summed E-state index contributed by atoms with van der Waals surface area (Å²) in [4.78, 5) is 12.1. The molecule has 0 saturated heterocycles. The van der Waals surface area contributed by atoms with E-state index in [0.29, 0.717) is 17.9 Å². The summed E-state index contributed by atoms with van der Waals surface area (Å²) >= 11 is 3.46. The number of benzene rings is 1. The summed E-state index contributed by atoms with van der Waals surface area (Å²) in [5.74, 6) is -0.285. The van der Waals surface area contributed by atoms with E-state index in [-0.39, 0.29) is 11.6 Å². The van der Waals surface area contributed by atoms with Crippen LogP contribution in [0.1, 0.15) is 48.6 Å². The summed E-state index contributed by atoms with van der Waals surface area (Å²) < 4.78 is 7.74. The van der Waals surface area contributed by atoms with Crippen molar-refractivity contribution in [3.63, 3.8) is 0 Å². The number of esters is 1. The molecule has 0 aliphatic heterocycles. The predicted molar refractivity (Wildman–Crippen MR) is 98.7 cm³/mol. The van der Waals surface area contributed by atoms with E-state index in [0.717, 1.165) is 21.3 Å². The van der Waals surface area contributed by atoms with Crippen LogP contribution in [0, 0.1) is 6.92 Å². The summed E-state index contributed by atoms with van der Waals surface area (Å²) in [5.41, 5.74) is 4.31. The maximum Gasteiger partial charge on any atom is 0.360 e. The van der Waals surface area contributed by atoms with Gasteiger partial charge in [-0.25, -0.2) is 9.31 Å². The molecule has 3 rings (SSSR count). The minimum absolute atomic E-state index is 0.189. The monoisotopic (exact) mass is 402 g/mol. The molecular formula is C18H19BrN4O2. The van der Waals surface area contributed by atoms with Crippen LogP contribution in [0.5, 0.6) is 0 Å². The van der Waals surface area contributed by atoms with E-state index >= 15 is 0 Å². The van der Waals surface area contributed by atoms with Crippen molar-refractivity contribution >= 4 is 27.5 Å². The van der Waals surface area contributed by atoms with E-state index in [4.69, 9.17) is 9.84 Å². The van der Waals surface area contributed by atoms with Crippen LogP contribution in [-0.2, 0) is 4.74 Å². The quantitative estimate of drug-likeness (QED) is 0.612. The number of nitrogens with zero attached hydrogens (tertiary/aromatic N) is 4. The Balaban J connectivity index is 2.26. The molecule has 0 aliphatic carbocycles. The lowest BCUT2D eigenvalue weighted by atomic mass is 10.00. The maximum atomic E-state index is 12.1. The number of fused-ring (bicyclic) bond motifs is 1. The molecule has 7 heteroatoms. The first-order chi connectivity index (χ1) is 11.9. The third kappa shape index (κ3) is 3.16. The van der Waals surface area contributed by atoms with Gasteiger partial charge in [-0.15, -0.1) is 10.2 Å². The van der Waals surface area contributed by atoms with E-state index in [9.17, 15) is 4.79 Å². The molecule has 0 saturated carbocycles. The number of aromatic nitrogens is 4. The smallest absolute Gasteiger partial charge is 0.360 e. The van der Waals surface area contributed by atoms with Gasteiger partial charge in [-0.2, -0.15) is 5.10 Å². The highest BCUT2D eigenvalue weighted by Gasteiger charge is 2.23. The van der Waals surface area contributed by atoms with Crippen molar-refractivity contribution in [3.8, 4) is 11.1 Å². The van der Waals surface area contributed by atoms with E-state index < -0.39 is 5.97 Å². The fourth-order valence-corrected chi connectivity index (χ4v) is 2.97. The van der Waals surface area contributed by atoms with E-state index in [2.05, 4.69) is 40.0 Å². The van der Waals surface area contributed by atoms with Crippen molar-refractivity contribution in [2.45, 2.75) is 33.6 Å². The number of hydrogen-bond donors (Lipinski definition) is 0. The molecule has 0 atom stereocenters. The lowest BCUT2D eigenvalue weighted by Gasteiger charge is -2.06. The van der Waals surface area contributed by atoms with Crippen molar-refractivity contribution in [2.24, 2.45) is 0 Å². The molecule has 0 aliphatic rings. The van der Waals surface area contributed by atoms with Crippen LogP contribution < -0.4 is 0 Å². The second kappa shape index (κ2) is 6.92. The lowest BCUT2D eigenvalue weighted by molar-refractivity contribution is 0.0516. The van der Waals surface area contributed by atoms with E-state index in [1.807, 2.05) is 24.3 Å². The highest BCUT2D eigenvalue weighted by molar-refractivity contribution is 9.10. The Hall–Kier alpha value is -2.28. The number of aryl methyl sites for hydroxylation is 1. The average Bonchev–Trinajstić information content (AvgIpc) is 2.97. The topological polar surface area (TPSA) is 69.4 Å². The van der Waals surface area contributed by atoms with Crippen LogP contribution in [0.4, 0.5) is 0 Å². The predicted octanol–water partition coefficient (Wildman–Crippen LogP) is 4.16. The molecule has 0 fully saturated rings. The van der Waals surface area contributed by atoms with Crippen molar-refractivity contribution in [3.05, 3.63) is 45.8 Å². The standard InChI is InChI=1S/C18H19BrN4O2/c1-5-25-18(24)16-11(4)23-17(21-20-16)14(15(22-23)10(2)3)12-6-8-13(19)9-7-12/h6-10H,5H2,1-4H3. The molecule has 0 N–H and O–H groups in total. The van der Waals surface area contributed by atoms with Gasteiger partial charge in [-0.05, 0) is 37.5 Å². The summed E-state index contributed by atoms with van der Waals surface area (Å²) in [6.45, 7) is 8.02. The van der Waals surface area contributed by atoms with Crippen molar-refractivity contribution in [1.29, 1.82) is 0 Å². The summed E-state index contributed by atoms with van der Waals surface area (Å²) in [6.07, 6.45) is 0. The first-order valence-electron chi connectivity index (χ1n) is 8.13. The minimum atomic E-state index is -0.485. The summed E-state index contributed by atoms with van der Waals surface area (Å²) in [5, 5.41) is 13.1. The fraction of sp³-hybridized carbons (Fsp3) is 0.333. The molecule has 25 heavy (non-hydrogen) atoms. The van der Waals surface area contributed by atoms with Gasteiger partial charge in [0.25, 0.3) is 0 Å². The number of hydrogen-bond acceptors (Lipinski definition) is 5. The second-order valence-corrected chi connectivity index (χ2v) is 6.93. The maximum absolute atomic E-state index is 12.1. The minimum Gasteiger partial charge on any atom is -0.461 e. The van der Waals surface area contributed by atoms with Gasteiger partial charge in [-0.3, -0.25) is 0 Å². The van der Waals surface area contributed by atoms with Gasteiger partial charge >= 0.3 is 5.97 Å². The third-order valence-electron chi connectivity index (χ3n) is 3.94. The highest BCUT2D eigenvalue weighted by atomic mass is 79.9. The molecule has 2 heterocycles. The number of rotatable bonds is 4. The Kier molecular flexibility index (Phi) is 4.85. The molecule has 3 aromatic rings. The van der Waals surface area contributed by atoms with Crippen LogP contribution >= 0.6 is 15.9 Å². The number of carbonyl (C=O) groups excluding carboxylic acids is 1. The summed E-state index contributed by atoms with van der Waals surface area (Å²) in [6, 6.07) is 8.00. The zero-order chi connectivity index (χ0) is 18.1. The van der Waals surface area contributed by atoms with Gasteiger partial charge in [0, 0.05) is 4.47 Å². The molecule has 2 aromatic heterocycles. The molecular weight excluding hydrogens is 384 g/mol. The van der Waals surface area contributed by atoms with Crippen molar-refractivity contribution in [1.82, 2.24) is 19.8 Å². The normalized spacial score (nSPS) is 11.3. The highest BCUT2D eigenvalue weighted by Crippen LogP contribution is 2.33. The average molecular weight is 403 g/mol. The Morgan fingerprint density at radius 1 is 1.24 bits per heavy atom. The Labute approximate surface area is 154 Å². The van der Waals surface area contributed by atoms with Crippen LogP contribution in [0.15, 0.2) is 28.7 Å². The van der Waals surface area contributed by atoms with Gasteiger partial charge < -0.3 is 4.74 Å². The molecule has 6 nitrogen and oxygen atoms in total. The van der Waals surface area contributed by atoms with Gasteiger partial charge in [0.05, 0.1) is 23.6 Å². The van der Waals surface area contributed by atoms with E-state index in [1.54, 1.807) is 18.4 Å². The van der Waals surface area contributed by atoms with Crippen LogP contribution in [-0.4, -0.2) is 32.4 Å². The summed E-state index contributed by atoms with van der Waals surface area (Å²) in [7, 11) is 0. The Morgan fingerprint density at radius 3 is 2.52 bits per heavy atom. The first-order valence-corrected chi connectivity index (χ1v) is 8.92. The SMILES string of the molecule is CCOC(=O)c1nnc2c(-c3ccc(Br)cc3)c(C(C)C)nn2c1C. The largest absolute Gasteiger partial charge is 0.461 e. The van der Waals surface area contributed by atoms with Gasteiger partial charge in [0.2, 0.25) is 0 Å². The molecule has 0 radical (unpaired) electrons. The zero-order valence-corrected chi connectivity index (χ0v) is 16.2. The Morgan fingerprint density at radius 2 is 1.92 bits per heavy atom. The first kappa shape index (κ1) is 17.5. The molecule has 0 amide bonds. The molecule has 0 spiro atoms. The Bertz CT molecular complexity index is 932. The van der Waals surface area contributed by atoms with Crippen LogP contribution in [0.3, 0.4) is 0 Å². The molecule has 0 unspecified atom stereocenters. The molecule has 1 aromatic carbocycles. The molecule has 0 bridgehead atoms. The zero-order valence-electron chi connectivity index (χ0n) is 14.6. The van der Waals surface area contributed by atoms with Gasteiger partial charge in [0.15, 0.2) is 11.3 Å². The number of halogens is 1. The van der Waals surface area contributed by atoms with Crippen LogP contribution in [0.25, 0.3) is 16.8 Å². The third-order valence-corrected chi connectivity index (χ3v) is 4.47. The molecule has 130 valence electrons. The number of ether oxygens (including phenoxy) is 1. The van der Waals surface area contributed by atoms with Crippen molar-refractivity contribution < 1.29 is 9.53 Å². The van der Waals surface area contributed by atoms with E-state index in [1.165, 1.54) is 0 Å². The van der Waals surface area contributed by atoms with Gasteiger partial charge in [-0.1, -0.05) is 41.9 Å². The lowest BCUT2D eigenvalue weighted by Crippen LogP contribution is -2.14.